The number of halogens is 1. The summed E-state index contributed by atoms with van der Waals surface area (Å²) in [6.07, 6.45) is 0. The van der Waals surface area contributed by atoms with Crippen LogP contribution in [0.5, 0.6) is 0 Å². The third-order valence-electron chi connectivity index (χ3n) is 2.45. The number of hydrogen-bond acceptors (Lipinski definition) is 4. The van der Waals surface area contributed by atoms with Gasteiger partial charge in [-0.3, -0.25) is 4.79 Å². The maximum Gasteiger partial charge on any atom is 0.263 e. The van der Waals surface area contributed by atoms with E-state index in [1.54, 1.807) is 0 Å². The average Bonchev–Trinajstić information content (AvgIpc) is 2.63. The van der Waals surface area contributed by atoms with Gasteiger partial charge < -0.3 is 4.90 Å². The van der Waals surface area contributed by atoms with Gasteiger partial charge in [0.1, 0.15) is 10.0 Å². The third-order valence-corrected chi connectivity index (χ3v) is 5.32. The molecule has 0 amide bonds. The molecule has 0 spiro atoms. The van der Waals surface area contributed by atoms with E-state index in [0.717, 1.165) is 11.5 Å². The first-order chi connectivity index (χ1) is 8.08. The van der Waals surface area contributed by atoms with Crippen LogP contribution in [0.4, 0.5) is 5.00 Å². The molecule has 0 saturated heterocycles. The van der Waals surface area contributed by atoms with E-state index in [-0.39, 0.29) is 4.74 Å². The maximum absolute atomic E-state index is 11.3. The molecule has 17 heavy (non-hydrogen) atoms. The quantitative estimate of drug-likeness (QED) is 0.800. The van der Waals surface area contributed by atoms with Gasteiger partial charge in [-0.1, -0.05) is 51.8 Å². The van der Waals surface area contributed by atoms with Crippen molar-refractivity contribution in [2.75, 3.05) is 11.9 Å². The first kappa shape index (κ1) is 12.6. The second-order valence-corrected chi connectivity index (χ2v) is 6.38. The average molecular weight is 286 g/mol. The smallest absolute Gasteiger partial charge is 0.263 e. The number of hydrogen-bond donors (Lipinski definition) is 0. The summed E-state index contributed by atoms with van der Waals surface area (Å²) in [5, 5.41) is 1.19. The SMILES string of the molecule is Cc1ccc(CN(C)c2ssc(=O)c2Cl)cc1. The van der Waals surface area contributed by atoms with E-state index in [0.29, 0.717) is 5.02 Å². The Morgan fingerprint density at radius 3 is 2.41 bits per heavy atom. The van der Waals surface area contributed by atoms with E-state index in [4.69, 9.17) is 11.6 Å². The van der Waals surface area contributed by atoms with Crippen LogP contribution in [0, 0.1) is 6.92 Å². The molecule has 0 radical (unpaired) electrons. The van der Waals surface area contributed by atoms with Gasteiger partial charge in [-0.2, -0.15) is 0 Å². The first-order valence-corrected chi connectivity index (χ1v) is 7.66. The summed E-state index contributed by atoms with van der Waals surface area (Å²) >= 11 is 5.96. The lowest BCUT2D eigenvalue weighted by Crippen LogP contribution is -2.16. The molecule has 2 aromatic rings. The molecule has 1 heterocycles. The second-order valence-electron chi connectivity index (χ2n) is 3.91. The van der Waals surface area contributed by atoms with Crippen LogP contribution >= 0.6 is 32.3 Å². The molecule has 0 aliphatic rings. The van der Waals surface area contributed by atoms with Gasteiger partial charge >= 0.3 is 0 Å². The van der Waals surface area contributed by atoms with E-state index >= 15 is 0 Å². The summed E-state index contributed by atoms with van der Waals surface area (Å²) in [5.41, 5.74) is 2.45. The topological polar surface area (TPSA) is 20.3 Å². The Labute approximate surface area is 112 Å². The number of aryl methyl sites for hydroxylation is 1. The van der Waals surface area contributed by atoms with E-state index in [9.17, 15) is 4.79 Å². The molecular formula is C12H12ClNOS2. The Kier molecular flexibility index (Phi) is 3.86. The minimum Gasteiger partial charge on any atom is -0.360 e. The van der Waals surface area contributed by atoms with Gasteiger partial charge in [0.25, 0.3) is 4.74 Å². The molecule has 0 N–H and O–H groups in total. The minimum absolute atomic E-state index is 0.0533. The van der Waals surface area contributed by atoms with Crippen molar-refractivity contribution in [1.29, 1.82) is 0 Å². The standard InChI is InChI=1S/C12H12ClNOS2/c1-8-3-5-9(6-4-8)7-14(2)11-10(13)12(15)17-16-11/h3-6H,7H2,1-2H3. The lowest BCUT2D eigenvalue weighted by Gasteiger charge is -2.17. The van der Waals surface area contributed by atoms with Crippen molar-refractivity contribution in [2.24, 2.45) is 0 Å². The van der Waals surface area contributed by atoms with Crippen LogP contribution in [0.1, 0.15) is 11.1 Å². The molecule has 2 nitrogen and oxygen atoms in total. The van der Waals surface area contributed by atoms with Crippen LogP contribution in [0.3, 0.4) is 0 Å². The highest BCUT2D eigenvalue weighted by Gasteiger charge is 2.12. The molecule has 0 atom stereocenters. The predicted molar refractivity (Wildman–Crippen MR) is 76.8 cm³/mol. The zero-order valence-corrected chi connectivity index (χ0v) is 12.0. The fourth-order valence-corrected chi connectivity index (χ4v) is 4.25. The van der Waals surface area contributed by atoms with E-state index in [2.05, 4.69) is 31.2 Å². The molecule has 5 heteroatoms. The van der Waals surface area contributed by atoms with E-state index in [1.165, 1.54) is 31.8 Å². The summed E-state index contributed by atoms with van der Waals surface area (Å²) in [6, 6.07) is 8.35. The molecule has 0 unspecified atom stereocenters. The Morgan fingerprint density at radius 2 is 1.88 bits per heavy atom. The number of rotatable bonds is 3. The Balaban J connectivity index is 2.17. The van der Waals surface area contributed by atoms with Gasteiger partial charge in [-0.05, 0) is 22.8 Å². The van der Waals surface area contributed by atoms with Crippen molar-refractivity contribution >= 4 is 37.3 Å². The first-order valence-electron chi connectivity index (χ1n) is 5.13. The highest BCUT2D eigenvalue weighted by molar-refractivity contribution is 7.70. The van der Waals surface area contributed by atoms with Gasteiger partial charge in [0.2, 0.25) is 0 Å². The number of anilines is 1. The number of benzene rings is 1. The van der Waals surface area contributed by atoms with Gasteiger partial charge in [-0.25, -0.2) is 0 Å². The molecule has 0 saturated carbocycles. The lowest BCUT2D eigenvalue weighted by atomic mass is 10.1. The zero-order valence-electron chi connectivity index (χ0n) is 9.57. The van der Waals surface area contributed by atoms with Crippen LogP contribution in [-0.4, -0.2) is 7.05 Å². The van der Waals surface area contributed by atoms with E-state index in [1.807, 2.05) is 11.9 Å². The summed E-state index contributed by atoms with van der Waals surface area (Å²) in [4.78, 5) is 13.3. The highest BCUT2D eigenvalue weighted by Crippen LogP contribution is 2.31. The summed E-state index contributed by atoms with van der Waals surface area (Å²) in [6.45, 7) is 2.82. The van der Waals surface area contributed by atoms with Gasteiger partial charge in [0, 0.05) is 13.6 Å². The largest absolute Gasteiger partial charge is 0.360 e. The minimum atomic E-state index is -0.0533. The predicted octanol–water partition coefficient (Wildman–Crippen LogP) is 3.77. The normalized spacial score (nSPS) is 10.5. The highest BCUT2D eigenvalue weighted by atomic mass is 35.5. The third kappa shape index (κ3) is 2.89. The van der Waals surface area contributed by atoms with E-state index < -0.39 is 0 Å². The fraction of sp³-hybridized carbons (Fsp3) is 0.250. The van der Waals surface area contributed by atoms with Gasteiger partial charge in [-0.15, -0.1) is 0 Å². The van der Waals surface area contributed by atoms with Crippen molar-refractivity contribution in [3.8, 4) is 0 Å². The molecule has 0 fully saturated rings. The van der Waals surface area contributed by atoms with Gasteiger partial charge in [0.05, 0.1) is 0 Å². The van der Waals surface area contributed by atoms with Crippen molar-refractivity contribution in [2.45, 2.75) is 13.5 Å². The summed E-state index contributed by atoms with van der Waals surface area (Å²) < 4.78 is -0.0533. The summed E-state index contributed by atoms with van der Waals surface area (Å²) in [7, 11) is 4.56. The molecule has 0 bridgehead atoms. The molecular weight excluding hydrogens is 274 g/mol. The molecule has 0 aliphatic carbocycles. The van der Waals surface area contributed by atoms with Crippen LogP contribution in [-0.2, 0) is 6.54 Å². The molecule has 90 valence electrons. The van der Waals surface area contributed by atoms with Crippen LogP contribution in [0.15, 0.2) is 29.1 Å². The van der Waals surface area contributed by atoms with Crippen LogP contribution in [0.2, 0.25) is 5.02 Å². The van der Waals surface area contributed by atoms with Gasteiger partial charge in [0.15, 0.2) is 0 Å². The zero-order chi connectivity index (χ0) is 12.4. The molecule has 1 aromatic carbocycles. The monoisotopic (exact) mass is 285 g/mol. The lowest BCUT2D eigenvalue weighted by molar-refractivity contribution is 0.934. The van der Waals surface area contributed by atoms with Crippen molar-refractivity contribution in [3.63, 3.8) is 0 Å². The second kappa shape index (κ2) is 5.21. The van der Waals surface area contributed by atoms with Crippen LogP contribution in [0.25, 0.3) is 0 Å². The van der Waals surface area contributed by atoms with Crippen molar-refractivity contribution < 1.29 is 0 Å². The molecule has 2 rings (SSSR count). The Hall–Kier alpha value is -0.840. The number of nitrogens with zero attached hydrogens (tertiary/aromatic N) is 1. The molecule has 0 aliphatic heterocycles. The Morgan fingerprint density at radius 1 is 1.24 bits per heavy atom. The molecule has 1 aromatic heterocycles. The Bertz CT molecular complexity index is 559. The van der Waals surface area contributed by atoms with Crippen molar-refractivity contribution in [1.82, 2.24) is 0 Å². The maximum atomic E-state index is 11.3. The van der Waals surface area contributed by atoms with Crippen LogP contribution < -0.4 is 9.64 Å². The summed E-state index contributed by atoms with van der Waals surface area (Å²) in [5.74, 6) is 0. The van der Waals surface area contributed by atoms with Crippen molar-refractivity contribution in [3.05, 3.63) is 50.0 Å². The fourth-order valence-electron chi connectivity index (χ4n) is 1.51.